The van der Waals surface area contributed by atoms with Gasteiger partial charge in [-0.15, -0.1) is 0 Å². The Morgan fingerprint density at radius 1 is 1.39 bits per heavy atom. The number of rotatable bonds is 3. The van der Waals surface area contributed by atoms with Gasteiger partial charge in [-0.05, 0) is 31.2 Å². The lowest BCUT2D eigenvalue weighted by Gasteiger charge is -2.38. The molecule has 2 unspecified atom stereocenters. The summed E-state index contributed by atoms with van der Waals surface area (Å²) in [5.41, 5.74) is -0.645. The fraction of sp³-hybridized carbons (Fsp3) is 0.929. The molecule has 2 rings (SSSR count). The molecular weight excluding hydrogens is 228 g/mol. The van der Waals surface area contributed by atoms with Gasteiger partial charge in [0.1, 0.15) is 0 Å². The van der Waals surface area contributed by atoms with Crippen molar-refractivity contribution in [1.29, 1.82) is 0 Å². The zero-order chi connectivity index (χ0) is 13.2. The van der Waals surface area contributed by atoms with Crippen LogP contribution in [0.5, 0.6) is 0 Å². The van der Waals surface area contributed by atoms with Gasteiger partial charge in [0.15, 0.2) is 0 Å². The molecule has 2 fully saturated rings. The largest absolute Gasteiger partial charge is 0.387 e. The van der Waals surface area contributed by atoms with Gasteiger partial charge in [-0.2, -0.15) is 0 Å². The van der Waals surface area contributed by atoms with Gasteiger partial charge >= 0.3 is 0 Å². The minimum atomic E-state index is -0.742. The summed E-state index contributed by atoms with van der Waals surface area (Å²) < 4.78 is 0. The average molecular weight is 254 g/mol. The quantitative estimate of drug-likeness (QED) is 0.705. The lowest BCUT2D eigenvalue weighted by atomic mass is 9.68. The first kappa shape index (κ1) is 13.8. The summed E-state index contributed by atoms with van der Waals surface area (Å²) >= 11 is 0. The van der Waals surface area contributed by atoms with Crippen LogP contribution >= 0.6 is 0 Å². The Bertz CT molecular complexity index is 309. The van der Waals surface area contributed by atoms with Crippen LogP contribution in [-0.2, 0) is 4.79 Å². The summed E-state index contributed by atoms with van der Waals surface area (Å²) in [6, 6.07) is 0. The van der Waals surface area contributed by atoms with Gasteiger partial charge in [-0.3, -0.25) is 4.79 Å². The van der Waals surface area contributed by atoms with Crippen LogP contribution in [0.25, 0.3) is 0 Å². The molecule has 4 heteroatoms. The SMILES string of the molecule is CC1(C)CCCCC1C(=O)NCC1(O)CCNC1. The van der Waals surface area contributed by atoms with E-state index >= 15 is 0 Å². The monoisotopic (exact) mass is 254 g/mol. The average Bonchev–Trinajstić information content (AvgIpc) is 2.73. The summed E-state index contributed by atoms with van der Waals surface area (Å²) in [6.07, 6.45) is 5.20. The molecule has 0 aromatic rings. The van der Waals surface area contributed by atoms with Gasteiger partial charge in [0, 0.05) is 19.0 Å². The number of carbonyl (C=O) groups is 1. The van der Waals surface area contributed by atoms with Crippen LogP contribution < -0.4 is 10.6 Å². The van der Waals surface area contributed by atoms with Crippen LogP contribution in [0.2, 0.25) is 0 Å². The summed E-state index contributed by atoms with van der Waals surface area (Å²) in [4.78, 5) is 12.3. The van der Waals surface area contributed by atoms with E-state index in [9.17, 15) is 9.90 Å². The van der Waals surface area contributed by atoms with Crippen molar-refractivity contribution in [3.63, 3.8) is 0 Å². The number of nitrogens with one attached hydrogen (secondary N) is 2. The van der Waals surface area contributed by atoms with Gasteiger partial charge in [0.2, 0.25) is 5.91 Å². The Morgan fingerprint density at radius 3 is 2.78 bits per heavy atom. The Kier molecular flexibility index (Phi) is 3.97. The number of amides is 1. The zero-order valence-electron chi connectivity index (χ0n) is 11.6. The Balaban J connectivity index is 1.87. The fourth-order valence-corrected chi connectivity index (χ4v) is 3.24. The number of hydrogen-bond acceptors (Lipinski definition) is 3. The van der Waals surface area contributed by atoms with Crippen molar-refractivity contribution in [2.45, 2.75) is 51.6 Å². The summed E-state index contributed by atoms with van der Waals surface area (Å²) in [5, 5.41) is 16.3. The van der Waals surface area contributed by atoms with E-state index < -0.39 is 5.60 Å². The maximum atomic E-state index is 12.3. The van der Waals surface area contributed by atoms with E-state index in [1.807, 2.05) is 0 Å². The molecule has 1 heterocycles. The van der Waals surface area contributed by atoms with Crippen molar-refractivity contribution >= 4 is 5.91 Å². The van der Waals surface area contributed by atoms with Crippen molar-refractivity contribution < 1.29 is 9.90 Å². The third-order valence-electron chi connectivity index (χ3n) is 4.64. The molecule has 4 nitrogen and oxygen atoms in total. The van der Waals surface area contributed by atoms with Crippen LogP contribution in [-0.4, -0.2) is 36.2 Å². The molecule has 1 aliphatic heterocycles. The van der Waals surface area contributed by atoms with E-state index in [0.29, 0.717) is 13.1 Å². The first-order valence-corrected chi connectivity index (χ1v) is 7.14. The normalized spacial score (nSPS) is 35.4. The molecular formula is C14H26N2O2. The maximum absolute atomic E-state index is 12.3. The Labute approximate surface area is 110 Å². The molecule has 3 N–H and O–H groups in total. The highest BCUT2D eigenvalue weighted by Crippen LogP contribution is 2.40. The topological polar surface area (TPSA) is 61.4 Å². The number of hydrogen-bond donors (Lipinski definition) is 3. The van der Waals surface area contributed by atoms with Crippen LogP contribution in [0, 0.1) is 11.3 Å². The second kappa shape index (κ2) is 5.17. The molecule has 104 valence electrons. The third-order valence-corrected chi connectivity index (χ3v) is 4.64. The van der Waals surface area contributed by atoms with Crippen LogP contribution in [0.4, 0.5) is 0 Å². The Hall–Kier alpha value is -0.610. The predicted octanol–water partition coefficient (Wildman–Crippen LogP) is 1.04. The third kappa shape index (κ3) is 3.04. The van der Waals surface area contributed by atoms with Gasteiger partial charge in [-0.25, -0.2) is 0 Å². The molecule has 1 saturated carbocycles. The molecule has 1 amide bonds. The number of carbonyl (C=O) groups excluding carboxylic acids is 1. The highest BCUT2D eigenvalue weighted by Gasteiger charge is 2.38. The molecule has 0 aromatic heterocycles. The summed E-state index contributed by atoms with van der Waals surface area (Å²) in [7, 11) is 0. The second-order valence-corrected chi connectivity index (χ2v) is 6.66. The molecule has 1 saturated heterocycles. The maximum Gasteiger partial charge on any atom is 0.223 e. The van der Waals surface area contributed by atoms with Crippen molar-refractivity contribution in [1.82, 2.24) is 10.6 Å². The van der Waals surface area contributed by atoms with Gasteiger partial charge < -0.3 is 15.7 Å². The van der Waals surface area contributed by atoms with E-state index in [4.69, 9.17) is 0 Å². The van der Waals surface area contributed by atoms with E-state index in [-0.39, 0.29) is 17.2 Å². The molecule has 18 heavy (non-hydrogen) atoms. The van der Waals surface area contributed by atoms with Crippen molar-refractivity contribution in [3.8, 4) is 0 Å². The van der Waals surface area contributed by atoms with Crippen LogP contribution in [0.15, 0.2) is 0 Å². The lowest BCUT2D eigenvalue weighted by Crippen LogP contribution is -2.48. The van der Waals surface area contributed by atoms with Gasteiger partial charge in [0.05, 0.1) is 5.60 Å². The smallest absolute Gasteiger partial charge is 0.223 e. The Morgan fingerprint density at radius 2 is 2.17 bits per heavy atom. The number of β-amino-alcohol motifs (C(OH)–C–C–N with tert-alkyl or cyclic N) is 1. The number of aliphatic hydroxyl groups is 1. The van der Waals surface area contributed by atoms with E-state index in [0.717, 1.165) is 32.2 Å². The van der Waals surface area contributed by atoms with Crippen molar-refractivity contribution in [3.05, 3.63) is 0 Å². The van der Waals surface area contributed by atoms with Gasteiger partial charge in [-0.1, -0.05) is 26.7 Å². The van der Waals surface area contributed by atoms with Crippen LogP contribution in [0.3, 0.4) is 0 Å². The molecule has 0 bridgehead atoms. The second-order valence-electron chi connectivity index (χ2n) is 6.66. The zero-order valence-corrected chi connectivity index (χ0v) is 11.6. The van der Waals surface area contributed by atoms with Gasteiger partial charge in [0.25, 0.3) is 0 Å². The summed E-state index contributed by atoms with van der Waals surface area (Å²) in [6.45, 7) is 6.17. The van der Waals surface area contributed by atoms with E-state index in [1.54, 1.807) is 0 Å². The molecule has 0 radical (unpaired) electrons. The highest BCUT2D eigenvalue weighted by molar-refractivity contribution is 5.79. The van der Waals surface area contributed by atoms with Crippen molar-refractivity contribution in [2.75, 3.05) is 19.6 Å². The highest BCUT2D eigenvalue weighted by atomic mass is 16.3. The lowest BCUT2D eigenvalue weighted by molar-refractivity contribution is -0.131. The first-order chi connectivity index (χ1) is 8.43. The molecule has 1 aliphatic carbocycles. The molecule has 0 aromatic carbocycles. The van der Waals surface area contributed by atoms with E-state index in [2.05, 4.69) is 24.5 Å². The fourth-order valence-electron chi connectivity index (χ4n) is 3.24. The minimum Gasteiger partial charge on any atom is -0.387 e. The van der Waals surface area contributed by atoms with E-state index in [1.165, 1.54) is 6.42 Å². The minimum absolute atomic E-state index is 0.0961. The summed E-state index contributed by atoms with van der Waals surface area (Å²) in [5.74, 6) is 0.226. The molecule has 2 atom stereocenters. The first-order valence-electron chi connectivity index (χ1n) is 7.14. The standard InChI is InChI=1S/C14H26N2O2/c1-13(2)6-4-3-5-11(13)12(17)16-10-14(18)7-8-15-9-14/h11,15,18H,3-10H2,1-2H3,(H,16,17). The predicted molar refractivity (Wildman–Crippen MR) is 71.2 cm³/mol. The van der Waals surface area contributed by atoms with Crippen molar-refractivity contribution in [2.24, 2.45) is 11.3 Å². The molecule has 2 aliphatic rings. The van der Waals surface area contributed by atoms with Crippen LogP contribution in [0.1, 0.15) is 46.0 Å². The molecule has 0 spiro atoms.